The van der Waals surface area contributed by atoms with E-state index in [0.717, 1.165) is 18.0 Å². The number of nitrogens with one attached hydrogen (secondary N) is 1. The maximum atomic E-state index is 12.7. The van der Waals surface area contributed by atoms with Crippen LogP contribution in [0.3, 0.4) is 0 Å². The van der Waals surface area contributed by atoms with Crippen molar-refractivity contribution < 1.29 is 27.5 Å². The zero-order valence-corrected chi connectivity index (χ0v) is 18.5. The standard InChI is InChI=1S/C22H23F3N4O3S/c23-22(24,25)16-6-7-18(26-14-16)33-13-12-32-20(31)28-10-8-21(9-11-28)19(30)27-15-29(21)17-4-2-1-3-5-17/h1-7,14H,8-13,15H2,(H,27,30). The van der Waals surface area contributed by atoms with Gasteiger partial charge in [0.05, 0.1) is 17.3 Å². The number of anilines is 1. The summed E-state index contributed by atoms with van der Waals surface area (Å²) in [6.07, 6.45) is -3.11. The fraction of sp³-hybridized carbons (Fsp3) is 0.409. The molecule has 2 amide bonds. The third kappa shape index (κ3) is 5.02. The average molecular weight is 481 g/mol. The summed E-state index contributed by atoms with van der Waals surface area (Å²) in [5, 5.41) is 3.35. The first-order chi connectivity index (χ1) is 15.8. The number of hydrogen-bond acceptors (Lipinski definition) is 6. The van der Waals surface area contributed by atoms with Crippen molar-refractivity contribution in [2.45, 2.75) is 29.6 Å². The maximum absolute atomic E-state index is 12.7. The molecule has 0 saturated carbocycles. The summed E-state index contributed by atoms with van der Waals surface area (Å²) in [7, 11) is 0. The zero-order chi connectivity index (χ0) is 23.5. The number of likely N-dealkylation sites (tertiary alicyclic amines) is 1. The normalized spacial score (nSPS) is 17.8. The lowest BCUT2D eigenvalue weighted by Crippen LogP contribution is -2.57. The molecule has 4 rings (SSSR count). The highest BCUT2D eigenvalue weighted by Gasteiger charge is 2.51. The van der Waals surface area contributed by atoms with E-state index in [0.29, 0.717) is 43.4 Å². The van der Waals surface area contributed by atoms with Gasteiger partial charge in [-0.15, -0.1) is 11.8 Å². The summed E-state index contributed by atoms with van der Waals surface area (Å²) < 4.78 is 43.1. The fourth-order valence-corrected chi connectivity index (χ4v) is 4.76. The number of rotatable bonds is 5. The molecular formula is C22H23F3N4O3S. The predicted molar refractivity (Wildman–Crippen MR) is 117 cm³/mol. The van der Waals surface area contributed by atoms with Crippen LogP contribution in [0.25, 0.3) is 0 Å². The van der Waals surface area contributed by atoms with Crippen LogP contribution in [0.5, 0.6) is 0 Å². The Balaban J connectivity index is 1.24. The highest BCUT2D eigenvalue weighted by molar-refractivity contribution is 7.99. The van der Waals surface area contributed by atoms with Crippen LogP contribution < -0.4 is 10.2 Å². The molecule has 2 fully saturated rings. The average Bonchev–Trinajstić information content (AvgIpc) is 3.12. The number of ether oxygens (including phenoxy) is 1. The first-order valence-electron chi connectivity index (χ1n) is 10.5. The van der Waals surface area contributed by atoms with Crippen molar-refractivity contribution in [2.24, 2.45) is 0 Å². The van der Waals surface area contributed by atoms with Gasteiger partial charge in [-0.2, -0.15) is 13.2 Å². The van der Waals surface area contributed by atoms with Crippen molar-refractivity contribution in [3.05, 3.63) is 54.2 Å². The highest BCUT2D eigenvalue weighted by Crippen LogP contribution is 2.36. The number of piperidine rings is 1. The first-order valence-corrected chi connectivity index (χ1v) is 11.5. The van der Waals surface area contributed by atoms with Crippen LogP contribution in [0.15, 0.2) is 53.7 Å². The summed E-state index contributed by atoms with van der Waals surface area (Å²) in [5.74, 6) is 0.339. The number of pyridine rings is 1. The van der Waals surface area contributed by atoms with Crippen LogP contribution in [-0.4, -0.2) is 59.5 Å². The molecular weight excluding hydrogens is 457 g/mol. The van der Waals surface area contributed by atoms with Crippen molar-refractivity contribution in [3.63, 3.8) is 0 Å². The van der Waals surface area contributed by atoms with Crippen LogP contribution in [0, 0.1) is 0 Å². The van der Waals surface area contributed by atoms with Gasteiger partial charge in [-0.3, -0.25) is 4.79 Å². The number of amides is 2. The van der Waals surface area contributed by atoms with Crippen LogP contribution in [-0.2, 0) is 15.7 Å². The summed E-state index contributed by atoms with van der Waals surface area (Å²) >= 11 is 1.21. The van der Waals surface area contributed by atoms with Crippen molar-refractivity contribution in [3.8, 4) is 0 Å². The number of benzene rings is 1. The SMILES string of the molecule is O=C(OCCSc1ccc(C(F)(F)F)cn1)N1CCC2(CC1)C(=O)NCN2c1ccccc1. The molecule has 2 aliphatic heterocycles. The second kappa shape index (κ2) is 9.50. The predicted octanol–water partition coefficient (Wildman–Crippen LogP) is 3.76. The number of carbonyl (C=O) groups excluding carboxylic acids is 2. The van der Waals surface area contributed by atoms with E-state index in [1.165, 1.54) is 17.8 Å². The van der Waals surface area contributed by atoms with E-state index in [4.69, 9.17) is 4.74 Å². The van der Waals surface area contributed by atoms with Gasteiger partial charge in [0.2, 0.25) is 5.91 Å². The summed E-state index contributed by atoms with van der Waals surface area (Å²) in [5.41, 5.74) is -0.522. The number of thioether (sulfide) groups is 1. The Kier molecular flexibility index (Phi) is 6.68. The van der Waals surface area contributed by atoms with E-state index >= 15 is 0 Å². The largest absolute Gasteiger partial charge is 0.449 e. The molecule has 0 radical (unpaired) electrons. The minimum atomic E-state index is -4.42. The zero-order valence-electron chi connectivity index (χ0n) is 17.7. The molecule has 1 aromatic heterocycles. The number of para-hydroxylation sites is 1. The van der Waals surface area contributed by atoms with Crippen LogP contribution >= 0.6 is 11.8 Å². The Morgan fingerprint density at radius 2 is 1.88 bits per heavy atom. The summed E-state index contributed by atoms with van der Waals surface area (Å²) in [6, 6.07) is 12.0. The van der Waals surface area contributed by atoms with E-state index in [1.807, 2.05) is 30.3 Å². The Morgan fingerprint density at radius 3 is 2.52 bits per heavy atom. The molecule has 0 unspecified atom stereocenters. The van der Waals surface area contributed by atoms with Gasteiger partial charge in [0.15, 0.2) is 0 Å². The number of halogens is 3. The molecule has 1 N–H and O–H groups in total. The quantitative estimate of drug-likeness (QED) is 0.519. The number of alkyl halides is 3. The lowest BCUT2D eigenvalue weighted by Gasteiger charge is -2.42. The van der Waals surface area contributed by atoms with Gasteiger partial charge in [-0.05, 0) is 37.1 Å². The molecule has 2 aliphatic rings. The van der Waals surface area contributed by atoms with Crippen molar-refractivity contribution in [1.82, 2.24) is 15.2 Å². The monoisotopic (exact) mass is 480 g/mol. The van der Waals surface area contributed by atoms with E-state index in [-0.39, 0.29) is 12.5 Å². The van der Waals surface area contributed by atoms with Gasteiger partial charge in [0.25, 0.3) is 0 Å². The van der Waals surface area contributed by atoms with Crippen LogP contribution in [0.4, 0.5) is 23.7 Å². The van der Waals surface area contributed by atoms with Crippen molar-refractivity contribution >= 4 is 29.4 Å². The molecule has 2 saturated heterocycles. The summed E-state index contributed by atoms with van der Waals surface area (Å²) in [6.45, 7) is 1.32. The van der Waals surface area contributed by atoms with Gasteiger partial charge in [-0.1, -0.05) is 18.2 Å². The first kappa shape index (κ1) is 23.2. The minimum Gasteiger partial charge on any atom is -0.449 e. The lowest BCUT2D eigenvalue weighted by atomic mass is 9.86. The van der Waals surface area contributed by atoms with E-state index < -0.39 is 23.4 Å². The molecule has 0 bridgehead atoms. The Labute approximate surface area is 193 Å². The second-order valence-corrected chi connectivity index (χ2v) is 8.91. The Morgan fingerprint density at radius 1 is 1.15 bits per heavy atom. The Bertz CT molecular complexity index is 981. The second-order valence-electron chi connectivity index (χ2n) is 7.79. The molecule has 2 aromatic rings. The molecule has 3 heterocycles. The minimum absolute atomic E-state index is 0.0280. The number of hydrogen-bond donors (Lipinski definition) is 1. The highest BCUT2D eigenvalue weighted by atomic mass is 32.2. The van der Waals surface area contributed by atoms with E-state index in [1.54, 1.807) is 4.90 Å². The van der Waals surface area contributed by atoms with Crippen LogP contribution in [0.1, 0.15) is 18.4 Å². The molecule has 0 atom stereocenters. The third-order valence-electron chi connectivity index (χ3n) is 5.88. The van der Waals surface area contributed by atoms with Crippen molar-refractivity contribution in [1.29, 1.82) is 0 Å². The Hall–Kier alpha value is -2.95. The van der Waals surface area contributed by atoms with Crippen LogP contribution in [0.2, 0.25) is 0 Å². The molecule has 7 nitrogen and oxygen atoms in total. The topological polar surface area (TPSA) is 74.8 Å². The van der Waals surface area contributed by atoms with Gasteiger partial charge in [0, 0.05) is 30.7 Å². The number of nitrogens with zero attached hydrogens (tertiary/aromatic N) is 3. The van der Waals surface area contributed by atoms with E-state index in [9.17, 15) is 22.8 Å². The third-order valence-corrected chi connectivity index (χ3v) is 6.78. The molecule has 11 heteroatoms. The lowest BCUT2D eigenvalue weighted by molar-refractivity contribution is -0.137. The van der Waals surface area contributed by atoms with E-state index in [2.05, 4.69) is 15.2 Å². The van der Waals surface area contributed by atoms with Gasteiger partial charge in [0.1, 0.15) is 12.1 Å². The number of aromatic nitrogens is 1. The van der Waals surface area contributed by atoms with Gasteiger partial charge < -0.3 is 19.9 Å². The fourth-order valence-electron chi connectivity index (χ4n) is 4.09. The molecule has 176 valence electrons. The molecule has 0 aliphatic carbocycles. The summed E-state index contributed by atoms with van der Waals surface area (Å²) in [4.78, 5) is 32.5. The maximum Gasteiger partial charge on any atom is 0.417 e. The number of carbonyl (C=O) groups is 2. The van der Waals surface area contributed by atoms with Gasteiger partial charge >= 0.3 is 12.3 Å². The smallest absolute Gasteiger partial charge is 0.417 e. The molecule has 1 aromatic carbocycles. The van der Waals surface area contributed by atoms with Crippen molar-refractivity contribution in [2.75, 3.05) is 37.0 Å². The molecule has 33 heavy (non-hydrogen) atoms. The molecule has 1 spiro atoms. The van der Waals surface area contributed by atoms with Gasteiger partial charge in [-0.25, -0.2) is 9.78 Å².